The summed E-state index contributed by atoms with van der Waals surface area (Å²) in [5, 5.41) is 9.43. The number of carbonyl (C=O) groups excluding carboxylic acids is 1. The van der Waals surface area contributed by atoms with Gasteiger partial charge in [0, 0.05) is 6.54 Å². The molecular weight excluding hydrogens is 348 g/mol. The molecule has 2 rings (SSSR count). The number of aryl methyl sites for hydroxylation is 1. The van der Waals surface area contributed by atoms with Gasteiger partial charge in [-0.3, -0.25) is 9.36 Å². The first-order valence-corrected chi connectivity index (χ1v) is 8.66. The van der Waals surface area contributed by atoms with E-state index in [1.807, 2.05) is 30.5 Å². The van der Waals surface area contributed by atoms with Crippen molar-refractivity contribution in [1.29, 1.82) is 0 Å². The maximum absolute atomic E-state index is 11.0. The van der Waals surface area contributed by atoms with E-state index < -0.39 is 5.91 Å². The Hall–Kier alpha value is -1.99. The number of allylic oxidation sites excluding steroid dienone is 1. The van der Waals surface area contributed by atoms with Crippen LogP contribution < -0.4 is 10.5 Å². The number of primary amides is 1. The van der Waals surface area contributed by atoms with Gasteiger partial charge >= 0.3 is 0 Å². The Morgan fingerprint density at radius 1 is 1.54 bits per heavy atom. The fourth-order valence-corrected chi connectivity index (χ4v) is 2.94. The number of nitrogens with zero attached hydrogens (tertiary/aromatic N) is 3. The standard InChI is InChI=1S/C16H19ClN4O2S/c1-4-7-21-15(19-20-16(21)24-9-14(18)22)11(3)23-13-8-10(2)5-6-12(13)17/h4-6,8,11H,1,7,9H2,2-3H3,(H2,18,22). The van der Waals surface area contributed by atoms with Crippen LogP contribution in [0.25, 0.3) is 0 Å². The Labute approximate surface area is 150 Å². The summed E-state index contributed by atoms with van der Waals surface area (Å²) in [6, 6.07) is 5.58. The Morgan fingerprint density at radius 3 is 2.96 bits per heavy atom. The molecule has 1 amide bonds. The van der Waals surface area contributed by atoms with Crippen molar-refractivity contribution < 1.29 is 9.53 Å². The maximum atomic E-state index is 11.0. The van der Waals surface area contributed by atoms with E-state index in [2.05, 4.69) is 16.8 Å². The molecule has 0 saturated carbocycles. The molecule has 0 radical (unpaired) electrons. The molecule has 2 N–H and O–H groups in total. The number of hydrogen-bond donors (Lipinski definition) is 1. The highest BCUT2D eigenvalue weighted by Crippen LogP contribution is 2.30. The quantitative estimate of drug-likeness (QED) is 0.573. The molecule has 1 aromatic heterocycles. The van der Waals surface area contributed by atoms with Crippen LogP contribution in [0.4, 0.5) is 0 Å². The predicted octanol–water partition coefficient (Wildman–Crippen LogP) is 3.14. The lowest BCUT2D eigenvalue weighted by Crippen LogP contribution is -2.15. The molecule has 1 heterocycles. The fraction of sp³-hybridized carbons (Fsp3) is 0.312. The van der Waals surface area contributed by atoms with Crippen LogP contribution in [0.3, 0.4) is 0 Å². The topological polar surface area (TPSA) is 83.0 Å². The van der Waals surface area contributed by atoms with Crippen molar-refractivity contribution in [2.75, 3.05) is 5.75 Å². The summed E-state index contributed by atoms with van der Waals surface area (Å²) in [4.78, 5) is 11.0. The van der Waals surface area contributed by atoms with Gasteiger partial charge in [-0.1, -0.05) is 35.5 Å². The average Bonchev–Trinajstić information content (AvgIpc) is 2.92. The van der Waals surface area contributed by atoms with Crippen molar-refractivity contribution >= 4 is 29.3 Å². The largest absolute Gasteiger partial charge is 0.481 e. The zero-order valence-electron chi connectivity index (χ0n) is 13.5. The highest BCUT2D eigenvalue weighted by atomic mass is 35.5. The number of ether oxygens (including phenoxy) is 1. The van der Waals surface area contributed by atoms with Crippen molar-refractivity contribution in [2.45, 2.75) is 31.7 Å². The number of hydrogen-bond acceptors (Lipinski definition) is 5. The summed E-state index contributed by atoms with van der Waals surface area (Å²) in [6.45, 7) is 8.07. The van der Waals surface area contributed by atoms with Gasteiger partial charge in [0.2, 0.25) is 5.91 Å². The highest BCUT2D eigenvalue weighted by Gasteiger charge is 2.20. The monoisotopic (exact) mass is 366 g/mol. The molecule has 0 aliphatic rings. The van der Waals surface area contributed by atoms with E-state index in [1.165, 1.54) is 11.8 Å². The molecule has 1 aromatic carbocycles. The van der Waals surface area contributed by atoms with Crippen molar-refractivity contribution in [3.05, 3.63) is 47.3 Å². The second-order valence-corrected chi connectivity index (χ2v) is 6.54. The van der Waals surface area contributed by atoms with Crippen LogP contribution >= 0.6 is 23.4 Å². The third-order valence-electron chi connectivity index (χ3n) is 3.15. The lowest BCUT2D eigenvalue weighted by molar-refractivity contribution is -0.115. The summed E-state index contributed by atoms with van der Waals surface area (Å²) in [5.74, 6) is 0.933. The van der Waals surface area contributed by atoms with Crippen molar-refractivity contribution in [3.8, 4) is 5.75 Å². The molecule has 0 aliphatic heterocycles. The molecule has 0 saturated heterocycles. The van der Waals surface area contributed by atoms with E-state index in [9.17, 15) is 4.79 Å². The van der Waals surface area contributed by atoms with Crippen LogP contribution in [-0.4, -0.2) is 26.4 Å². The Bertz CT molecular complexity index is 748. The van der Waals surface area contributed by atoms with Crippen molar-refractivity contribution in [1.82, 2.24) is 14.8 Å². The second kappa shape index (κ2) is 8.21. The Balaban J connectivity index is 2.24. The molecule has 6 nitrogen and oxygen atoms in total. The smallest absolute Gasteiger partial charge is 0.227 e. The number of rotatable bonds is 8. The van der Waals surface area contributed by atoms with Crippen LogP contribution in [0.1, 0.15) is 24.4 Å². The lowest BCUT2D eigenvalue weighted by atomic mass is 10.2. The minimum atomic E-state index is -0.412. The third kappa shape index (κ3) is 4.52. The first-order valence-electron chi connectivity index (χ1n) is 7.30. The molecule has 0 fully saturated rings. The molecule has 128 valence electrons. The van der Waals surface area contributed by atoms with Gasteiger partial charge in [-0.15, -0.1) is 16.8 Å². The van der Waals surface area contributed by atoms with Gasteiger partial charge in [0.25, 0.3) is 0 Å². The maximum Gasteiger partial charge on any atom is 0.227 e. The molecule has 2 aromatic rings. The van der Waals surface area contributed by atoms with Gasteiger partial charge in [0.05, 0.1) is 10.8 Å². The van der Waals surface area contributed by atoms with Crippen molar-refractivity contribution in [2.24, 2.45) is 5.73 Å². The molecule has 24 heavy (non-hydrogen) atoms. The molecule has 0 aliphatic carbocycles. The summed E-state index contributed by atoms with van der Waals surface area (Å²) in [5.41, 5.74) is 6.24. The second-order valence-electron chi connectivity index (χ2n) is 5.19. The minimum Gasteiger partial charge on any atom is -0.481 e. The molecule has 0 spiro atoms. The van der Waals surface area contributed by atoms with Gasteiger partial charge in [-0.2, -0.15) is 0 Å². The number of amides is 1. The first-order chi connectivity index (χ1) is 11.4. The van der Waals surface area contributed by atoms with Gasteiger partial charge in [0.1, 0.15) is 5.75 Å². The zero-order chi connectivity index (χ0) is 17.7. The van der Waals surface area contributed by atoms with E-state index in [-0.39, 0.29) is 11.9 Å². The SMILES string of the molecule is C=CCn1c(SCC(N)=O)nnc1C(C)Oc1cc(C)ccc1Cl. The average molecular weight is 367 g/mol. The van der Waals surface area contributed by atoms with Crippen LogP contribution in [0.2, 0.25) is 5.02 Å². The van der Waals surface area contributed by atoms with E-state index in [4.69, 9.17) is 22.1 Å². The number of thioether (sulfide) groups is 1. The first kappa shape index (κ1) is 18.4. The van der Waals surface area contributed by atoms with E-state index in [0.29, 0.717) is 28.3 Å². The van der Waals surface area contributed by atoms with E-state index >= 15 is 0 Å². The highest BCUT2D eigenvalue weighted by molar-refractivity contribution is 7.99. The fourth-order valence-electron chi connectivity index (χ4n) is 2.09. The number of nitrogens with two attached hydrogens (primary N) is 1. The summed E-state index contributed by atoms with van der Waals surface area (Å²) < 4.78 is 7.79. The summed E-state index contributed by atoms with van der Waals surface area (Å²) in [7, 11) is 0. The Kier molecular flexibility index (Phi) is 6.28. The minimum absolute atomic E-state index is 0.133. The summed E-state index contributed by atoms with van der Waals surface area (Å²) >= 11 is 7.41. The number of halogens is 1. The molecule has 1 atom stereocenters. The normalized spacial score (nSPS) is 12.0. The molecule has 1 unspecified atom stereocenters. The van der Waals surface area contributed by atoms with Crippen molar-refractivity contribution in [3.63, 3.8) is 0 Å². The predicted molar refractivity (Wildman–Crippen MR) is 95.4 cm³/mol. The van der Waals surface area contributed by atoms with Crippen LogP contribution in [-0.2, 0) is 11.3 Å². The molecule has 0 bridgehead atoms. The van der Waals surface area contributed by atoms with Gasteiger partial charge in [-0.05, 0) is 31.5 Å². The van der Waals surface area contributed by atoms with Gasteiger partial charge < -0.3 is 10.5 Å². The summed E-state index contributed by atoms with van der Waals surface area (Å²) in [6.07, 6.45) is 1.35. The van der Waals surface area contributed by atoms with Gasteiger partial charge in [-0.25, -0.2) is 0 Å². The molecule has 8 heteroatoms. The number of carbonyl (C=O) groups is 1. The van der Waals surface area contributed by atoms with Crippen LogP contribution in [0, 0.1) is 6.92 Å². The van der Waals surface area contributed by atoms with E-state index in [0.717, 1.165) is 5.56 Å². The van der Waals surface area contributed by atoms with E-state index in [1.54, 1.807) is 12.1 Å². The lowest BCUT2D eigenvalue weighted by Gasteiger charge is -2.17. The van der Waals surface area contributed by atoms with Crippen LogP contribution in [0.5, 0.6) is 5.75 Å². The Morgan fingerprint density at radius 2 is 2.29 bits per heavy atom. The van der Waals surface area contributed by atoms with Crippen LogP contribution in [0.15, 0.2) is 36.0 Å². The molecular formula is C16H19ClN4O2S. The number of benzene rings is 1. The zero-order valence-corrected chi connectivity index (χ0v) is 15.1. The van der Waals surface area contributed by atoms with Gasteiger partial charge in [0.15, 0.2) is 17.1 Å². The number of aromatic nitrogens is 3. The third-order valence-corrected chi connectivity index (χ3v) is 4.46.